The largest absolute Gasteiger partial charge is 0.491 e. The highest BCUT2D eigenvalue weighted by molar-refractivity contribution is 5.76. The van der Waals surface area contributed by atoms with Crippen LogP contribution in [0.4, 0.5) is 5.69 Å². The van der Waals surface area contributed by atoms with E-state index in [0.717, 1.165) is 26.1 Å². The topological polar surface area (TPSA) is 73.6 Å². The SMILES string of the molecule is Nc1ccccc1OCCC(=O)NC1CCOCC1. The summed E-state index contributed by atoms with van der Waals surface area (Å²) in [4.78, 5) is 11.7. The van der Waals surface area contributed by atoms with Crippen molar-refractivity contribution in [1.29, 1.82) is 0 Å². The lowest BCUT2D eigenvalue weighted by atomic mass is 10.1. The lowest BCUT2D eigenvalue weighted by molar-refractivity contribution is -0.122. The minimum atomic E-state index is 0.0152. The van der Waals surface area contributed by atoms with Gasteiger partial charge in [0.2, 0.25) is 5.91 Å². The van der Waals surface area contributed by atoms with Crippen LogP contribution in [-0.2, 0) is 9.53 Å². The predicted octanol–water partition coefficient (Wildman–Crippen LogP) is 1.33. The summed E-state index contributed by atoms with van der Waals surface area (Å²) in [5.74, 6) is 0.641. The average Bonchev–Trinajstić information content (AvgIpc) is 2.42. The van der Waals surface area contributed by atoms with Gasteiger partial charge < -0.3 is 20.5 Å². The molecule has 1 aliphatic rings. The molecule has 1 aromatic carbocycles. The van der Waals surface area contributed by atoms with Crippen LogP contribution in [0.5, 0.6) is 5.75 Å². The van der Waals surface area contributed by atoms with Gasteiger partial charge in [-0.25, -0.2) is 0 Å². The zero-order chi connectivity index (χ0) is 13.5. The van der Waals surface area contributed by atoms with Crippen LogP contribution < -0.4 is 15.8 Å². The van der Waals surface area contributed by atoms with Crippen molar-refractivity contribution in [3.63, 3.8) is 0 Å². The molecule has 1 amide bonds. The number of ether oxygens (including phenoxy) is 2. The fourth-order valence-corrected chi connectivity index (χ4v) is 2.01. The fraction of sp³-hybridized carbons (Fsp3) is 0.500. The molecule has 0 aliphatic carbocycles. The molecule has 0 radical (unpaired) electrons. The predicted molar refractivity (Wildman–Crippen MR) is 73.0 cm³/mol. The maximum atomic E-state index is 11.7. The maximum absolute atomic E-state index is 11.7. The van der Waals surface area contributed by atoms with Crippen LogP contribution in [0.2, 0.25) is 0 Å². The molecule has 104 valence electrons. The molecular weight excluding hydrogens is 244 g/mol. The number of hydrogen-bond acceptors (Lipinski definition) is 4. The van der Waals surface area contributed by atoms with Crippen molar-refractivity contribution in [2.24, 2.45) is 0 Å². The molecule has 1 aromatic rings. The van der Waals surface area contributed by atoms with Gasteiger partial charge in [0, 0.05) is 19.3 Å². The Labute approximate surface area is 113 Å². The van der Waals surface area contributed by atoms with Gasteiger partial charge in [0.25, 0.3) is 0 Å². The van der Waals surface area contributed by atoms with E-state index in [-0.39, 0.29) is 11.9 Å². The summed E-state index contributed by atoms with van der Waals surface area (Å²) in [5.41, 5.74) is 6.34. The highest BCUT2D eigenvalue weighted by atomic mass is 16.5. The number of rotatable bonds is 5. The summed E-state index contributed by atoms with van der Waals surface area (Å²) in [5, 5.41) is 2.99. The van der Waals surface area contributed by atoms with Crippen LogP contribution in [0.3, 0.4) is 0 Å². The van der Waals surface area contributed by atoms with E-state index in [1.165, 1.54) is 0 Å². The number of carbonyl (C=O) groups is 1. The molecule has 3 N–H and O–H groups in total. The molecule has 1 aliphatic heterocycles. The zero-order valence-electron chi connectivity index (χ0n) is 10.9. The van der Waals surface area contributed by atoms with Crippen LogP contribution in [0.15, 0.2) is 24.3 Å². The van der Waals surface area contributed by atoms with Crippen LogP contribution in [-0.4, -0.2) is 31.8 Å². The van der Waals surface area contributed by atoms with Crippen molar-refractivity contribution in [3.05, 3.63) is 24.3 Å². The lowest BCUT2D eigenvalue weighted by Crippen LogP contribution is -2.39. The molecule has 0 unspecified atom stereocenters. The Balaban J connectivity index is 1.67. The first-order chi connectivity index (χ1) is 9.25. The first-order valence-electron chi connectivity index (χ1n) is 6.60. The van der Waals surface area contributed by atoms with Crippen LogP contribution in [0, 0.1) is 0 Å². The van der Waals surface area contributed by atoms with Crippen LogP contribution in [0.1, 0.15) is 19.3 Å². The second-order valence-corrected chi connectivity index (χ2v) is 4.59. The van der Waals surface area contributed by atoms with E-state index >= 15 is 0 Å². The van der Waals surface area contributed by atoms with Gasteiger partial charge in [-0.05, 0) is 25.0 Å². The third-order valence-corrected chi connectivity index (χ3v) is 3.09. The second-order valence-electron chi connectivity index (χ2n) is 4.59. The number of anilines is 1. The van der Waals surface area contributed by atoms with Crippen molar-refractivity contribution in [1.82, 2.24) is 5.32 Å². The Morgan fingerprint density at radius 3 is 2.84 bits per heavy atom. The monoisotopic (exact) mass is 264 g/mol. The molecule has 1 heterocycles. The van der Waals surface area contributed by atoms with Crippen molar-refractivity contribution in [2.45, 2.75) is 25.3 Å². The molecule has 0 atom stereocenters. The zero-order valence-corrected chi connectivity index (χ0v) is 10.9. The van der Waals surface area contributed by atoms with Gasteiger partial charge in [0.05, 0.1) is 18.7 Å². The number of benzene rings is 1. The van der Waals surface area contributed by atoms with Crippen LogP contribution >= 0.6 is 0 Å². The van der Waals surface area contributed by atoms with Gasteiger partial charge in [-0.15, -0.1) is 0 Å². The molecule has 0 aromatic heterocycles. The molecule has 0 spiro atoms. The number of nitrogen functional groups attached to an aromatic ring is 1. The molecule has 1 fully saturated rings. The third kappa shape index (κ3) is 4.44. The van der Waals surface area contributed by atoms with Crippen molar-refractivity contribution in [3.8, 4) is 5.75 Å². The standard InChI is InChI=1S/C14H20N2O3/c15-12-3-1-2-4-13(12)19-10-7-14(17)16-11-5-8-18-9-6-11/h1-4,11H,5-10,15H2,(H,16,17). The highest BCUT2D eigenvalue weighted by Gasteiger charge is 2.15. The first-order valence-corrected chi connectivity index (χ1v) is 6.60. The van der Waals surface area contributed by atoms with E-state index in [0.29, 0.717) is 24.5 Å². The Morgan fingerprint density at radius 1 is 1.37 bits per heavy atom. The van der Waals surface area contributed by atoms with E-state index in [9.17, 15) is 4.79 Å². The van der Waals surface area contributed by atoms with E-state index in [1.807, 2.05) is 12.1 Å². The molecule has 0 saturated carbocycles. The third-order valence-electron chi connectivity index (χ3n) is 3.09. The Hall–Kier alpha value is -1.75. The fourth-order valence-electron chi connectivity index (χ4n) is 2.01. The van der Waals surface area contributed by atoms with Gasteiger partial charge in [-0.1, -0.05) is 12.1 Å². The number of hydrogen-bond donors (Lipinski definition) is 2. The Kier molecular flexibility index (Phi) is 5.03. The van der Waals surface area contributed by atoms with E-state index in [2.05, 4.69) is 5.32 Å². The van der Waals surface area contributed by atoms with Gasteiger partial charge >= 0.3 is 0 Å². The lowest BCUT2D eigenvalue weighted by Gasteiger charge is -2.23. The number of amides is 1. The number of nitrogens with two attached hydrogens (primary N) is 1. The summed E-state index contributed by atoms with van der Waals surface area (Å²) in [7, 11) is 0. The minimum Gasteiger partial charge on any atom is -0.491 e. The second kappa shape index (κ2) is 6.99. The summed E-state index contributed by atoms with van der Waals surface area (Å²) < 4.78 is 10.7. The number of nitrogens with one attached hydrogen (secondary N) is 1. The van der Waals surface area contributed by atoms with Crippen molar-refractivity contribution >= 4 is 11.6 Å². The average molecular weight is 264 g/mol. The highest BCUT2D eigenvalue weighted by Crippen LogP contribution is 2.19. The van der Waals surface area contributed by atoms with E-state index < -0.39 is 0 Å². The quantitative estimate of drug-likeness (QED) is 0.787. The van der Waals surface area contributed by atoms with Crippen molar-refractivity contribution < 1.29 is 14.3 Å². The van der Waals surface area contributed by atoms with Crippen molar-refractivity contribution in [2.75, 3.05) is 25.6 Å². The molecule has 0 bridgehead atoms. The molecule has 2 rings (SSSR count). The summed E-state index contributed by atoms with van der Waals surface area (Å²) in [6, 6.07) is 7.51. The normalized spacial score (nSPS) is 16.0. The van der Waals surface area contributed by atoms with Gasteiger partial charge in [0.15, 0.2) is 0 Å². The molecular formula is C14H20N2O3. The molecule has 5 heteroatoms. The smallest absolute Gasteiger partial charge is 0.223 e. The summed E-state index contributed by atoms with van der Waals surface area (Å²) in [6.07, 6.45) is 2.11. The van der Waals surface area contributed by atoms with E-state index in [1.54, 1.807) is 12.1 Å². The molecule has 5 nitrogen and oxygen atoms in total. The Bertz CT molecular complexity index is 417. The summed E-state index contributed by atoms with van der Waals surface area (Å²) >= 11 is 0. The van der Waals surface area contributed by atoms with Gasteiger partial charge in [-0.2, -0.15) is 0 Å². The number of para-hydroxylation sites is 2. The maximum Gasteiger partial charge on any atom is 0.223 e. The van der Waals surface area contributed by atoms with E-state index in [4.69, 9.17) is 15.2 Å². The number of carbonyl (C=O) groups excluding carboxylic acids is 1. The first kappa shape index (κ1) is 13.7. The minimum absolute atomic E-state index is 0.0152. The summed E-state index contributed by atoms with van der Waals surface area (Å²) in [6.45, 7) is 1.78. The van der Waals surface area contributed by atoms with Gasteiger partial charge in [0.1, 0.15) is 5.75 Å². The molecule has 19 heavy (non-hydrogen) atoms. The molecule has 1 saturated heterocycles. The van der Waals surface area contributed by atoms with Crippen LogP contribution in [0.25, 0.3) is 0 Å². The Morgan fingerprint density at radius 2 is 2.11 bits per heavy atom. The van der Waals surface area contributed by atoms with Gasteiger partial charge in [-0.3, -0.25) is 4.79 Å².